The first kappa shape index (κ1) is 68.6. The Kier molecular flexibility index (Phi) is 24.5. The van der Waals surface area contributed by atoms with Crippen LogP contribution in [0.15, 0.2) is 102 Å². The van der Waals surface area contributed by atoms with E-state index in [9.17, 15) is 24.0 Å². The van der Waals surface area contributed by atoms with Gasteiger partial charge in [0, 0.05) is 43.0 Å². The minimum Gasteiger partial charge on any atom is -0.488 e. The van der Waals surface area contributed by atoms with E-state index in [1.165, 1.54) is 0 Å². The van der Waals surface area contributed by atoms with Gasteiger partial charge in [0.05, 0.1) is 6.04 Å². The molecule has 86 heavy (non-hydrogen) atoms. The number of aromatic nitrogens is 1. The van der Waals surface area contributed by atoms with Gasteiger partial charge in [0.25, 0.3) is 0 Å². The van der Waals surface area contributed by atoms with Crippen LogP contribution in [0.5, 0.6) is 5.75 Å². The fraction of sp³-hybridized carbons (Fsp3) is 0.508. The predicted molar refractivity (Wildman–Crippen MR) is 334 cm³/mol. The van der Waals surface area contributed by atoms with Crippen molar-refractivity contribution in [2.45, 2.75) is 200 Å². The van der Waals surface area contributed by atoms with Crippen LogP contribution in [0.3, 0.4) is 0 Å². The average molecular weight is 1190 g/mol. The quantitative estimate of drug-likeness (QED) is 0.0108. The molecule has 21 heteroatoms. The Bertz CT molecular complexity index is 3130. The summed E-state index contributed by atoms with van der Waals surface area (Å²) in [4.78, 5) is 104. The van der Waals surface area contributed by atoms with Gasteiger partial charge in [-0.3, -0.25) is 24.5 Å². The van der Waals surface area contributed by atoms with Crippen molar-refractivity contribution in [2.24, 2.45) is 16.5 Å². The number of hydrogen-bond donors (Lipinski definition) is 9. The Labute approximate surface area is 506 Å². The van der Waals surface area contributed by atoms with Crippen molar-refractivity contribution in [3.05, 3.63) is 114 Å². The lowest BCUT2D eigenvalue weighted by Crippen LogP contribution is -2.65. The van der Waals surface area contributed by atoms with Gasteiger partial charge in [0.15, 0.2) is 0 Å². The summed E-state index contributed by atoms with van der Waals surface area (Å²) in [6, 6.07) is 24.7. The SMILES string of the molecule is CC(C)(C)OC(=O)N=C(NCCCCCC[C@@](CCCCNC(=O)OC(C)(C)C)(NC(=O)[C@H](Cc1ccc(OC(C)(C)C)cc1)NC(=O)[C@@H](N)Cc1cccc2ccccc12)C(=O)N[C@@H](Cc1c[nH]c2ccccc12)C(N)=O)NC(=O)OC(C)(C)C. The largest absolute Gasteiger partial charge is 0.488 e. The van der Waals surface area contributed by atoms with E-state index in [-0.39, 0.29) is 57.6 Å². The van der Waals surface area contributed by atoms with Gasteiger partial charge in [0.2, 0.25) is 29.6 Å². The number of carbonyl (C=O) groups is 7. The number of nitrogens with one attached hydrogen (secondary N) is 7. The van der Waals surface area contributed by atoms with Gasteiger partial charge in [-0.05, 0) is 167 Å². The highest BCUT2D eigenvalue weighted by atomic mass is 16.6. The van der Waals surface area contributed by atoms with E-state index in [0.717, 1.165) is 32.8 Å². The molecule has 0 bridgehead atoms. The van der Waals surface area contributed by atoms with Crippen LogP contribution in [-0.2, 0) is 52.7 Å². The van der Waals surface area contributed by atoms with Gasteiger partial charge in [-0.1, -0.05) is 92.1 Å². The minimum atomic E-state index is -1.75. The minimum absolute atomic E-state index is 0.0155. The molecule has 7 amide bonds. The zero-order valence-electron chi connectivity index (χ0n) is 52.3. The maximum atomic E-state index is 15.5. The molecule has 4 aromatic carbocycles. The number of para-hydroxylation sites is 1. The number of benzene rings is 4. The molecule has 0 fully saturated rings. The maximum Gasteiger partial charge on any atom is 0.437 e. The highest BCUT2D eigenvalue weighted by molar-refractivity contribution is 5.99. The molecular weight excluding hydrogens is 1100 g/mol. The number of nitrogens with two attached hydrogens (primary N) is 2. The smallest absolute Gasteiger partial charge is 0.437 e. The summed E-state index contributed by atoms with van der Waals surface area (Å²) >= 11 is 0. The van der Waals surface area contributed by atoms with Gasteiger partial charge in [-0.15, -0.1) is 4.99 Å². The lowest BCUT2D eigenvalue weighted by molar-refractivity contribution is -0.138. The standard InChI is InChI=1S/C65H92N10O11/c1-61(2,3)83-46-32-30-42(31-33-46)38-52(71-54(77)49(66)39-44-26-23-25-43-24-15-16-27-47(43)44)55(78)75-65(35-20-22-37-69-58(80)84-62(4,5)6,56(79)72-51(53(67)76)40-45-41-70-50-29-18-17-28-48(45)50)34-19-13-14-21-36-68-57(73-59(81)85-63(7,8)9)74-60(82)86-64(10,11)12/h15-18,23-33,41,49,51-52,70H,13-14,19-22,34-40,66H2,1-12H3,(H2,67,76)(H,69,80)(H,71,77)(H,72,79)(H,75,78)(H2,68,73,74,81,82)/t49-,51-,52-,65-/m0/s1. The van der Waals surface area contributed by atoms with E-state index < -0.39 is 88.0 Å². The molecule has 1 aromatic heterocycles. The number of rotatable bonds is 26. The molecule has 1 heterocycles. The Morgan fingerprint density at radius 3 is 1.79 bits per heavy atom. The van der Waals surface area contributed by atoms with Crippen molar-refractivity contribution in [2.75, 3.05) is 13.1 Å². The van der Waals surface area contributed by atoms with Gasteiger partial charge in [-0.2, -0.15) is 0 Å². The Hall–Kier alpha value is -8.20. The number of aliphatic imine (C=N–C) groups is 1. The van der Waals surface area contributed by atoms with Crippen LogP contribution in [0.25, 0.3) is 21.7 Å². The molecule has 0 unspecified atom stereocenters. The van der Waals surface area contributed by atoms with E-state index in [1.54, 1.807) is 92.8 Å². The summed E-state index contributed by atoms with van der Waals surface area (Å²) < 4.78 is 22.3. The summed E-state index contributed by atoms with van der Waals surface area (Å²) in [6.07, 6.45) is 2.12. The number of hydrogen-bond acceptors (Lipinski definition) is 12. The second-order valence-corrected chi connectivity index (χ2v) is 25.7. The second-order valence-electron chi connectivity index (χ2n) is 25.7. The fourth-order valence-corrected chi connectivity index (χ4v) is 9.52. The van der Waals surface area contributed by atoms with Crippen LogP contribution < -0.4 is 48.1 Å². The van der Waals surface area contributed by atoms with Crippen molar-refractivity contribution in [3.63, 3.8) is 0 Å². The first-order valence-corrected chi connectivity index (χ1v) is 29.6. The second kappa shape index (κ2) is 30.7. The molecule has 468 valence electrons. The monoisotopic (exact) mass is 1190 g/mol. The molecule has 0 saturated heterocycles. The lowest BCUT2D eigenvalue weighted by atomic mass is 9.84. The van der Waals surface area contributed by atoms with Gasteiger partial charge < -0.3 is 62.0 Å². The molecule has 0 aliphatic heterocycles. The van der Waals surface area contributed by atoms with Crippen LogP contribution in [0.1, 0.15) is 151 Å². The molecule has 0 saturated carbocycles. The zero-order chi connectivity index (χ0) is 63.5. The Morgan fingerprint density at radius 1 is 0.558 bits per heavy atom. The highest BCUT2D eigenvalue weighted by Crippen LogP contribution is 2.27. The molecule has 0 aliphatic carbocycles. The number of fused-ring (bicyclic) bond motifs is 2. The van der Waals surface area contributed by atoms with Crippen molar-refractivity contribution in [3.8, 4) is 5.75 Å². The van der Waals surface area contributed by atoms with E-state index in [1.807, 2.05) is 87.5 Å². The molecule has 21 nitrogen and oxygen atoms in total. The van der Waals surface area contributed by atoms with Crippen molar-refractivity contribution >= 4 is 69.5 Å². The van der Waals surface area contributed by atoms with E-state index in [2.05, 4.69) is 41.9 Å². The third kappa shape index (κ3) is 23.7. The number of unbranched alkanes of at least 4 members (excludes halogenated alkanes) is 4. The maximum absolute atomic E-state index is 15.5. The van der Waals surface area contributed by atoms with E-state index >= 15 is 9.59 Å². The number of nitrogens with zero attached hydrogens (tertiary/aromatic N) is 1. The molecule has 5 rings (SSSR count). The number of carbonyl (C=O) groups excluding carboxylic acids is 7. The summed E-state index contributed by atoms with van der Waals surface area (Å²) in [6.45, 7) is 21.6. The normalized spacial score (nSPS) is 13.9. The average Bonchev–Trinajstić information content (AvgIpc) is 1.81. The molecule has 4 atom stereocenters. The Balaban J connectivity index is 1.50. The number of alkyl carbamates (subject to hydrolysis) is 2. The van der Waals surface area contributed by atoms with Gasteiger partial charge in [-0.25, -0.2) is 14.4 Å². The Morgan fingerprint density at radius 2 is 1.14 bits per heavy atom. The van der Waals surface area contributed by atoms with Crippen LogP contribution in [0, 0.1) is 0 Å². The first-order valence-electron chi connectivity index (χ1n) is 29.6. The molecular formula is C65H92N10O11. The molecule has 0 spiro atoms. The van der Waals surface area contributed by atoms with Crippen LogP contribution in [-0.4, -0.2) is 112 Å². The van der Waals surface area contributed by atoms with Crippen molar-refractivity contribution < 1.29 is 52.5 Å². The number of amides is 7. The van der Waals surface area contributed by atoms with E-state index in [4.69, 9.17) is 30.4 Å². The van der Waals surface area contributed by atoms with Crippen LogP contribution in [0.2, 0.25) is 0 Å². The van der Waals surface area contributed by atoms with Crippen LogP contribution >= 0.6 is 0 Å². The van der Waals surface area contributed by atoms with E-state index in [0.29, 0.717) is 43.4 Å². The zero-order valence-corrected chi connectivity index (χ0v) is 52.3. The van der Waals surface area contributed by atoms with Crippen LogP contribution in [0.4, 0.5) is 14.4 Å². The fourth-order valence-electron chi connectivity index (χ4n) is 9.52. The highest BCUT2D eigenvalue weighted by Gasteiger charge is 2.42. The number of H-pyrrole nitrogens is 1. The van der Waals surface area contributed by atoms with Crippen molar-refractivity contribution in [1.29, 1.82) is 0 Å². The molecule has 0 aliphatic rings. The third-order valence-electron chi connectivity index (χ3n) is 13.4. The molecule has 11 N–H and O–H groups in total. The van der Waals surface area contributed by atoms with Crippen molar-refractivity contribution in [1.82, 2.24) is 36.9 Å². The topological polar surface area (TPSA) is 309 Å². The molecule has 5 aromatic rings. The number of guanidine groups is 1. The lowest BCUT2D eigenvalue weighted by Gasteiger charge is -2.36. The third-order valence-corrected chi connectivity index (χ3v) is 13.4. The summed E-state index contributed by atoms with van der Waals surface area (Å²) in [5.74, 6) is -2.37. The number of aromatic amines is 1. The summed E-state index contributed by atoms with van der Waals surface area (Å²) in [7, 11) is 0. The summed E-state index contributed by atoms with van der Waals surface area (Å²) in [5.41, 5.74) is 11.2. The first-order chi connectivity index (χ1) is 40.3. The van der Waals surface area contributed by atoms with Gasteiger partial charge in [0.1, 0.15) is 45.8 Å². The summed E-state index contributed by atoms with van der Waals surface area (Å²) in [5, 5.41) is 20.0. The molecule has 0 radical (unpaired) electrons. The predicted octanol–water partition coefficient (Wildman–Crippen LogP) is 9.21. The van der Waals surface area contributed by atoms with Gasteiger partial charge >= 0.3 is 18.3 Å². The number of primary amides is 1. The number of ether oxygens (including phenoxy) is 4.